The predicted octanol–water partition coefficient (Wildman–Crippen LogP) is 6.33. The third kappa shape index (κ3) is 9.03. The van der Waals surface area contributed by atoms with E-state index in [0.29, 0.717) is 33.3 Å². The number of anilines is 2. The summed E-state index contributed by atoms with van der Waals surface area (Å²) in [6.45, 7) is 0.853. The van der Waals surface area contributed by atoms with Crippen molar-refractivity contribution in [2.24, 2.45) is 11.1 Å². The van der Waals surface area contributed by atoms with Crippen molar-refractivity contribution < 1.29 is 17.9 Å². The van der Waals surface area contributed by atoms with E-state index in [1.165, 1.54) is 25.3 Å². The Morgan fingerprint density at radius 3 is 2.32 bits per heavy atom. The molecule has 0 atom stereocenters. The van der Waals surface area contributed by atoms with Gasteiger partial charge >= 0.3 is 0 Å². The molecule has 11 heteroatoms. The lowest BCUT2D eigenvalue weighted by molar-refractivity contribution is -0.115. The number of amidine groups is 1. The minimum Gasteiger partial charge on any atom is -0.497 e. The second-order valence-corrected chi connectivity index (χ2v) is 13.6. The Bertz CT molecular complexity index is 1840. The molecule has 1 amide bonds. The van der Waals surface area contributed by atoms with E-state index in [1.54, 1.807) is 49.6 Å². The maximum Gasteiger partial charge on any atom is 0.243 e. The Morgan fingerprint density at radius 2 is 1.64 bits per heavy atom. The number of carbonyl (C=O) groups is 1. The lowest BCUT2D eigenvalue weighted by atomic mass is 9.89. The summed E-state index contributed by atoms with van der Waals surface area (Å²) in [5, 5.41) is 20.2. The zero-order chi connectivity index (χ0) is 33.4. The lowest BCUT2D eigenvalue weighted by Gasteiger charge is -2.31. The Labute approximate surface area is 281 Å². The van der Waals surface area contributed by atoms with Crippen LogP contribution in [-0.4, -0.2) is 45.3 Å². The molecule has 4 aromatic rings. The number of nitrogens with two attached hydrogens (primary N) is 1. The number of carbonyl (C=O) groups excluding carboxylic acids is 1. The Balaban J connectivity index is 1.30. The van der Waals surface area contributed by atoms with E-state index >= 15 is 0 Å². The van der Waals surface area contributed by atoms with Gasteiger partial charge in [0.15, 0.2) is 0 Å². The molecule has 0 spiro atoms. The zero-order valence-electron chi connectivity index (χ0n) is 26.2. The van der Waals surface area contributed by atoms with Crippen molar-refractivity contribution in [1.82, 2.24) is 5.32 Å². The number of rotatable bonds is 11. The van der Waals surface area contributed by atoms with Gasteiger partial charge in [0.2, 0.25) is 15.9 Å². The smallest absolute Gasteiger partial charge is 0.243 e. The van der Waals surface area contributed by atoms with Crippen molar-refractivity contribution in [1.29, 1.82) is 5.41 Å². The van der Waals surface area contributed by atoms with Crippen molar-refractivity contribution in [3.63, 3.8) is 0 Å². The first-order valence-electron chi connectivity index (χ1n) is 15.5. The standard InChI is InChI=1S/C36H39N5O4S2/c1-45-31-20-16-27(17-21-31)36(46)40-35(37)28-10-7-11-30(22-28)41(23-25-8-3-2-4-9-25)24-34(42)39-29-18-14-26(15-19-29)32-12-5-6-13-33(32)47(38,43)44/h5-7,10-22,25H,2-4,8-9,23-24H2,1H3,(H,39,42)(H2,37,40,46)(H2,38,43,44). The zero-order valence-corrected chi connectivity index (χ0v) is 27.9. The van der Waals surface area contributed by atoms with Crippen molar-refractivity contribution in [3.05, 3.63) is 108 Å². The number of methoxy groups -OCH3 is 1. The number of thiocarbonyl (C=S) groups is 1. The van der Waals surface area contributed by atoms with Gasteiger partial charge in [0, 0.05) is 34.6 Å². The van der Waals surface area contributed by atoms with Crippen LogP contribution in [0.5, 0.6) is 5.75 Å². The van der Waals surface area contributed by atoms with E-state index in [4.69, 9.17) is 27.5 Å². The van der Waals surface area contributed by atoms with Crippen LogP contribution in [0.1, 0.15) is 43.2 Å². The fourth-order valence-corrected chi connectivity index (χ4v) is 6.86. The van der Waals surface area contributed by atoms with Gasteiger partial charge in [-0.05, 0) is 78.9 Å². The van der Waals surface area contributed by atoms with E-state index in [2.05, 4.69) is 15.5 Å². The molecule has 0 aliphatic heterocycles. The summed E-state index contributed by atoms with van der Waals surface area (Å²) in [6.07, 6.45) is 5.84. The molecule has 1 saturated carbocycles. The second-order valence-electron chi connectivity index (χ2n) is 11.7. The molecular formula is C36H39N5O4S2. The van der Waals surface area contributed by atoms with Gasteiger partial charge in [-0.2, -0.15) is 0 Å². The predicted molar refractivity (Wildman–Crippen MR) is 192 cm³/mol. The molecule has 1 aliphatic carbocycles. The molecule has 244 valence electrons. The Kier molecular flexibility index (Phi) is 11.0. The third-order valence-electron chi connectivity index (χ3n) is 8.30. The average molecular weight is 670 g/mol. The van der Waals surface area contributed by atoms with Gasteiger partial charge in [-0.3, -0.25) is 10.2 Å². The third-order valence-corrected chi connectivity index (χ3v) is 9.61. The molecule has 5 rings (SSSR count). The normalized spacial score (nSPS) is 13.4. The van der Waals surface area contributed by atoms with Crippen molar-refractivity contribution in [3.8, 4) is 16.9 Å². The van der Waals surface area contributed by atoms with Crippen LogP contribution in [0.2, 0.25) is 0 Å². The SMILES string of the molecule is COc1ccc(C(=S)NC(=N)c2cccc(N(CC(=O)Nc3ccc(-c4ccccc4S(N)(=O)=O)cc3)CC3CCCCC3)c2)cc1. The van der Waals surface area contributed by atoms with Crippen LogP contribution in [0.3, 0.4) is 0 Å². The van der Waals surface area contributed by atoms with Gasteiger partial charge in [0.1, 0.15) is 16.6 Å². The minimum atomic E-state index is -3.90. The minimum absolute atomic E-state index is 0.0446. The number of nitrogens with one attached hydrogen (secondary N) is 3. The number of benzene rings is 4. The summed E-state index contributed by atoms with van der Waals surface area (Å²) in [5.74, 6) is 1.18. The van der Waals surface area contributed by atoms with Crippen molar-refractivity contribution in [2.75, 3.05) is 30.4 Å². The van der Waals surface area contributed by atoms with Crippen molar-refractivity contribution in [2.45, 2.75) is 37.0 Å². The van der Waals surface area contributed by atoms with Gasteiger partial charge in [-0.15, -0.1) is 0 Å². The molecule has 0 bridgehead atoms. The fraction of sp³-hybridized carbons (Fsp3) is 0.250. The lowest BCUT2D eigenvalue weighted by Crippen LogP contribution is -2.37. The Hall–Kier alpha value is -4.58. The maximum atomic E-state index is 13.4. The number of amides is 1. The van der Waals surface area contributed by atoms with Crippen molar-refractivity contribution >= 4 is 50.3 Å². The van der Waals surface area contributed by atoms with Gasteiger partial charge in [0.25, 0.3) is 0 Å². The molecule has 1 aliphatic rings. The molecule has 0 heterocycles. The first-order valence-corrected chi connectivity index (χ1v) is 17.5. The summed E-state index contributed by atoms with van der Waals surface area (Å²) in [5.41, 5.74) is 4.04. The fourth-order valence-electron chi connectivity index (χ4n) is 5.86. The summed E-state index contributed by atoms with van der Waals surface area (Å²) in [7, 11) is -2.29. The monoisotopic (exact) mass is 669 g/mol. The number of primary sulfonamides is 1. The largest absolute Gasteiger partial charge is 0.497 e. The molecule has 1 fully saturated rings. The van der Waals surface area contributed by atoms with Crippen LogP contribution >= 0.6 is 12.2 Å². The quantitative estimate of drug-likeness (QED) is 0.0833. The van der Waals surface area contributed by atoms with Crippen LogP contribution in [0.4, 0.5) is 11.4 Å². The second kappa shape index (κ2) is 15.3. The average Bonchev–Trinajstić information content (AvgIpc) is 3.08. The van der Waals surface area contributed by atoms with E-state index in [0.717, 1.165) is 36.4 Å². The highest BCUT2D eigenvalue weighted by molar-refractivity contribution is 7.89. The maximum absolute atomic E-state index is 13.4. The van der Waals surface area contributed by atoms with Crippen LogP contribution < -0.4 is 25.4 Å². The first-order chi connectivity index (χ1) is 22.6. The van der Waals surface area contributed by atoms with Crippen LogP contribution in [0, 0.1) is 11.3 Å². The summed E-state index contributed by atoms with van der Waals surface area (Å²) in [6, 6.07) is 28.5. The Morgan fingerprint density at radius 1 is 0.936 bits per heavy atom. The summed E-state index contributed by atoms with van der Waals surface area (Å²) < 4.78 is 29.4. The van der Waals surface area contributed by atoms with Gasteiger partial charge in [-0.25, -0.2) is 13.6 Å². The van der Waals surface area contributed by atoms with Gasteiger partial charge in [-0.1, -0.05) is 73.9 Å². The van der Waals surface area contributed by atoms with E-state index in [-0.39, 0.29) is 23.2 Å². The molecule has 5 N–H and O–H groups in total. The van der Waals surface area contributed by atoms with Crippen LogP contribution in [0.15, 0.2) is 102 Å². The highest BCUT2D eigenvalue weighted by atomic mass is 32.2. The van der Waals surface area contributed by atoms with Crippen LogP contribution in [-0.2, 0) is 14.8 Å². The first kappa shape index (κ1) is 33.8. The van der Waals surface area contributed by atoms with Gasteiger partial charge < -0.3 is 20.3 Å². The number of sulfonamides is 1. The molecule has 47 heavy (non-hydrogen) atoms. The van der Waals surface area contributed by atoms with E-state index in [9.17, 15) is 13.2 Å². The number of hydrogen-bond donors (Lipinski definition) is 4. The van der Waals surface area contributed by atoms with E-state index in [1.807, 2.05) is 48.5 Å². The molecule has 0 unspecified atom stereocenters. The molecule has 0 radical (unpaired) electrons. The summed E-state index contributed by atoms with van der Waals surface area (Å²) in [4.78, 5) is 16.0. The molecular weight excluding hydrogens is 631 g/mol. The molecule has 4 aromatic carbocycles. The van der Waals surface area contributed by atoms with E-state index < -0.39 is 10.0 Å². The highest BCUT2D eigenvalue weighted by Crippen LogP contribution is 2.29. The number of nitrogens with zero attached hydrogens (tertiary/aromatic N) is 1. The summed E-state index contributed by atoms with van der Waals surface area (Å²) >= 11 is 5.56. The molecule has 0 saturated heterocycles. The number of ether oxygens (including phenoxy) is 1. The molecule has 9 nitrogen and oxygen atoms in total. The van der Waals surface area contributed by atoms with Gasteiger partial charge in [0.05, 0.1) is 18.6 Å². The number of hydrogen-bond acceptors (Lipinski definition) is 7. The van der Waals surface area contributed by atoms with Crippen LogP contribution in [0.25, 0.3) is 11.1 Å². The topological polar surface area (TPSA) is 138 Å². The molecule has 0 aromatic heterocycles. The highest BCUT2D eigenvalue weighted by Gasteiger charge is 2.21.